The predicted octanol–water partition coefficient (Wildman–Crippen LogP) is 10.1. The molecule has 0 fully saturated rings. The van der Waals surface area contributed by atoms with E-state index in [2.05, 4.69) is 160 Å². The molecule has 0 saturated carbocycles. The first-order valence-corrected chi connectivity index (χ1v) is 15.8. The molecule has 0 spiro atoms. The van der Waals surface area contributed by atoms with Crippen molar-refractivity contribution < 1.29 is 4.74 Å². The summed E-state index contributed by atoms with van der Waals surface area (Å²) in [4.78, 5) is 9.60. The van der Waals surface area contributed by atoms with Crippen LogP contribution in [0.4, 0.5) is 11.4 Å². The lowest BCUT2D eigenvalue weighted by atomic mass is 9.86. The van der Waals surface area contributed by atoms with Gasteiger partial charge in [-0.2, -0.15) is 0 Å². The maximum absolute atomic E-state index is 6.76. The van der Waals surface area contributed by atoms with Gasteiger partial charge in [-0.1, -0.05) is 77.9 Å². The first-order chi connectivity index (χ1) is 21.5. The Kier molecular flexibility index (Phi) is 6.97. The zero-order valence-corrected chi connectivity index (χ0v) is 27.4. The van der Waals surface area contributed by atoms with Gasteiger partial charge in [-0.25, -0.2) is 4.98 Å². The van der Waals surface area contributed by atoms with E-state index in [-0.39, 0.29) is 10.8 Å². The zero-order valence-electron chi connectivity index (χ0n) is 27.4. The fourth-order valence-electron chi connectivity index (χ4n) is 6.42. The fourth-order valence-corrected chi connectivity index (χ4v) is 6.42. The van der Waals surface area contributed by atoms with Crippen LogP contribution in [0.1, 0.15) is 58.2 Å². The Balaban J connectivity index is 1.35. The molecule has 0 aliphatic carbocycles. The molecule has 6 aromatic rings. The minimum absolute atomic E-state index is 0.0180. The van der Waals surface area contributed by atoms with Crippen molar-refractivity contribution in [3.8, 4) is 17.3 Å². The number of ether oxygens (including phenoxy) is 1. The largest absolute Gasteiger partial charge is 0.457 e. The second kappa shape index (κ2) is 10.8. The minimum atomic E-state index is -0.0462. The Bertz CT molecular complexity index is 2040. The average molecular weight is 595 g/mol. The van der Waals surface area contributed by atoms with Crippen molar-refractivity contribution >= 4 is 33.2 Å². The molecule has 0 atom stereocenters. The van der Waals surface area contributed by atoms with Gasteiger partial charge in [0.1, 0.15) is 17.3 Å². The van der Waals surface area contributed by atoms with E-state index >= 15 is 0 Å². The number of hydrogen-bond donors (Lipinski definition) is 0. The highest BCUT2D eigenvalue weighted by molar-refractivity contribution is 6.09. The molecule has 0 amide bonds. The molecule has 0 saturated heterocycles. The topological polar surface area (TPSA) is 33.5 Å². The Morgan fingerprint density at radius 3 is 2.20 bits per heavy atom. The van der Waals surface area contributed by atoms with E-state index in [0.717, 1.165) is 47.3 Å². The van der Waals surface area contributed by atoms with Crippen molar-refractivity contribution in [1.82, 2.24) is 14.5 Å². The van der Waals surface area contributed by atoms with Gasteiger partial charge in [0.05, 0.1) is 17.7 Å². The van der Waals surface area contributed by atoms with Gasteiger partial charge in [0, 0.05) is 47.0 Å². The molecule has 3 heterocycles. The van der Waals surface area contributed by atoms with Crippen LogP contribution in [-0.4, -0.2) is 28.2 Å². The molecule has 2 aromatic heterocycles. The van der Waals surface area contributed by atoms with Crippen molar-refractivity contribution in [3.63, 3.8) is 0 Å². The van der Waals surface area contributed by atoms with E-state index in [1.165, 1.54) is 33.2 Å². The first kappa shape index (κ1) is 29.1. The lowest BCUT2D eigenvalue weighted by molar-refractivity contribution is 0.321. The Morgan fingerprint density at radius 1 is 0.667 bits per heavy atom. The van der Waals surface area contributed by atoms with Gasteiger partial charge < -0.3 is 9.64 Å². The maximum Gasteiger partial charge on any atom is 0.137 e. The van der Waals surface area contributed by atoms with Gasteiger partial charge in [-0.05, 0) is 83.1 Å². The van der Waals surface area contributed by atoms with Crippen molar-refractivity contribution in [3.05, 3.63) is 120 Å². The summed E-state index contributed by atoms with van der Waals surface area (Å²) in [6.07, 6.45) is 1.92. The first-order valence-electron chi connectivity index (χ1n) is 15.8. The highest BCUT2D eigenvalue weighted by Gasteiger charge is 2.25. The van der Waals surface area contributed by atoms with Crippen LogP contribution in [0.2, 0.25) is 0 Å². The third-order valence-corrected chi connectivity index (χ3v) is 8.90. The molecule has 5 heteroatoms. The third-order valence-electron chi connectivity index (χ3n) is 8.90. The van der Waals surface area contributed by atoms with Gasteiger partial charge in [0.2, 0.25) is 0 Å². The van der Waals surface area contributed by atoms with Crippen LogP contribution in [0.5, 0.6) is 11.5 Å². The summed E-state index contributed by atoms with van der Waals surface area (Å²) in [7, 11) is 2.17. The Labute approximate surface area is 266 Å². The van der Waals surface area contributed by atoms with Crippen LogP contribution < -0.4 is 9.64 Å². The lowest BCUT2D eigenvalue weighted by Crippen LogP contribution is -2.37. The van der Waals surface area contributed by atoms with Gasteiger partial charge in [-0.15, -0.1) is 0 Å². The molecule has 0 unspecified atom stereocenters. The minimum Gasteiger partial charge on any atom is -0.457 e. The van der Waals surface area contributed by atoms with Gasteiger partial charge in [0.25, 0.3) is 0 Å². The number of nitrogens with zero attached hydrogens (tertiary/aromatic N) is 4. The summed E-state index contributed by atoms with van der Waals surface area (Å²) in [6, 6.07) is 34.7. The molecule has 45 heavy (non-hydrogen) atoms. The monoisotopic (exact) mass is 594 g/mol. The lowest BCUT2D eigenvalue weighted by Gasteiger charge is -2.37. The van der Waals surface area contributed by atoms with Crippen LogP contribution in [-0.2, 0) is 17.4 Å². The summed E-state index contributed by atoms with van der Waals surface area (Å²) < 4.78 is 9.03. The van der Waals surface area contributed by atoms with Gasteiger partial charge >= 0.3 is 0 Å². The van der Waals surface area contributed by atoms with Gasteiger partial charge in [-0.3, -0.25) is 9.47 Å². The third kappa shape index (κ3) is 5.46. The van der Waals surface area contributed by atoms with Crippen LogP contribution >= 0.6 is 0 Å². The molecule has 4 aromatic carbocycles. The Morgan fingerprint density at radius 2 is 1.40 bits per heavy atom. The molecule has 5 nitrogen and oxygen atoms in total. The number of fused-ring (bicyclic) bond motifs is 4. The molecular weight excluding hydrogens is 552 g/mol. The summed E-state index contributed by atoms with van der Waals surface area (Å²) in [6.45, 7) is 15.3. The summed E-state index contributed by atoms with van der Waals surface area (Å²) in [5.41, 5.74) is 8.38. The van der Waals surface area contributed by atoms with E-state index in [0.29, 0.717) is 0 Å². The number of pyridine rings is 1. The van der Waals surface area contributed by atoms with E-state index in [4.69, 9.17) is 9.72 Å². The number of aromatic nitrogens is 2. The maximum atomic E-state index is 6.76. The molecule has 1 aliphatic rings. The molecule has 7 rings (SSSR count). The van der Waals surface area contributed by atoms with E-state index in [1.807, 2.05) is 6.20 Å². The summed E-state index contributed by atoms with van der Waals surface area (Å²) in [5.74, 6) is 2.54. The predicted molar refractivity (Wildman–Crippen MR) is 187 cm³/mol. The molecule has 0 radical (unpaired) electrons. The summed E-state index contributed by atoms with van der Waals surface area (Å²) in [5, 5.41) is 2.38. The number of anilines is 2. The van der Waals surface area contributed by atoms with E-state index < -0.39 is 0 Å². The number of hydrogen-bond acceptors (Lipinski definition) is 4. The van der Waals surface area contributed by atoms with Crippen LogP contribution in [0.3, 0.4) is 0 Å². The molecule has 228 valence electrons. The number of para-hydroxylation sites is 2. The fraction of sp³-hybridized carbons (Fsp3) is 0.275. The van der Waals surface area contributed by atoms with Gasteiger partial charge in [0.15, 0.2) is 0 Å². The summed E-state index contributed by atoms with van der Waals surface area (Å²) >= 11 is 0. The van der Waals surface area contributed by atoms with E-state index in [9.17, 15) is 0 Å². The van der Waals surface area contributed by atoms with Crippen LogP contribution in [0.15, 0.2) is 103 Å². The smallest absolute Gasteiger partial charge is 0.137 e. The Hall–Kier alpha value is -4.61. The molecule has 0 bridgehead atoms. The number of rotatable bonds is 4. The van der Waals surface area contributed by atoms with Crippen LogP contribution in [0, 0.1) is 0 Å². The van der Waals surface area contributed by atoms with Crippen molar-refractivity contribution in [2.45, 2.75) is 58.9 Å². The zero-order chi connectivity index (χ0) is 31.5. The second-order valence-corrected chi connectivity index (χ2v) is 14.5. The normalized spacial score (nSPS) is 14.2. The average Bonchev–Trinajstić information content (AvgIpc) is 3.33. The highest BCUT2D eigenvalue weighted by Crippen LogP contribution is 2.40. The van der Waals surface area contributed by atoms with Crippen LogP contribution in [0.25, 0.3) is 27.6 Å². The second-order valence-electron chi connectivity index (χ2n) is 14.5. The van der Waals surface area contributed by atoms with E-state index in [1.54, 1.807) is 0 Å². The molecule has 0 N–H and O–H groups in total. The number of benzene rings is 4. The van der Waals surface area contributed by atoms with Crippen molar-refractivity contribution in [2.24, 2.45) is 0 Å². The molecular formula is C40H42N4O. The van der Waals surface area contributed by atoms with Crippen molar-refractivity contribution in [2.75, 3.05) is 18.6 Å². The molecule has 1 aliphatic heterocycles. The quantitative estimate of drug-likeness (QED) is 0.203. The highest BCUT2D eigenvalue weighted by atomic mass is 16.5. The standard InChI is InChI=1S/C40H42N4O/c1-39(2,3)28-18-19-41-38(22-28)44-36-15-11-9-13-33(36)34-17-16-31(24-37(34)44)45-32-21-29(40(4,5)6)20-30(23-32)43-26-42(7)25-27-12-8-10-14-35(27)43/h8-24H,25-26H2,1-7H3. The van der Waals surface area contributed by atoms with Crippen molar-refractivity contribution in [1.29, 1.82) is 0 Å². The SMILES string of the molecule is CN1Cc2ccccc2N(c2cc(Oc3ccc4c5ccccc5n(-c5cc(C(C)(C)C)ccn5)c4c3)cc(C(C)(C)C)c2)C1.